The highest BCUT2D eigenvalue weighted by atomic mass is 127. The Balaban J connectivity index is 2.60. The summed E-state index contributed by atoms with van der Waals surface area (Å²) < 4.78 is 1.17. The molecular weight excluding hydrogens is 309 g/mol. The molecule has 0 aliphatic heterocycles. The standard InChI is InChI=1S/C14H22IN/c1-10(2)14(8-15)16-9-13-6-11(3)5-12(4)7-13/h5-7,10,14,16H,8-9H2,1-4H3. The summed E-state index contributed by atoms with van der Waals surface area (Å²) in [7, 11) is 0. The van der Waals surface area contributed by atoms with E-state index < -0.39 is 0 Å². The Morgan fingerprint density at radius 3 is 2.12 bits per heavy atom. The van der Waals surface area contributed by atoms with Gasteiger partial charge in [-0.05, 0) is 25.3 Å². The van der Waals surface area contributed by atoms with Crippen LogP contribution in [0.15, 0.2) is 18.2 Å². The lowest BCUT2D eigenvalue weighted by molar-refractivity contribution is 0.436. The van der Waals surface area contributed by atoms with Crippen molar-refractivity contribution in [2.45, 2.75) is 40.3 Å². The third kappa shape index (κ3) is 4.42. The number of hydrogen-bond donors (Lipinski definition) is 1. The molecule has 0 fully saturated rings. The molecule has 1 N–H and O–H groups in total. The van der Waals surface area contributed by atoms with E-state index in [1.165, 1.54) is 21.1 Å². The van der Waals surface area contributed by atoms with Gasteiger partial charge < -0.3 is 5.32 Å². The fraction of sp³-hybridized carbons (Fsp3) is 0.571. The van der Waals surface area contributed by atoms with E-state index in [-0.39, 0.29) is 0 Å². The molecule has 16 heavy (non-hydrogen) atoms. The minimum absolute atomic E-state index is 0.612. The first-order valence-electron chi connectivity index (χ1n) is 5.89. The molecule has 0 aliphatic carbocycles. The summed E-state index contributed by atoms with van der Waals surface area (Å²) in [5.41, 5.74) is 4.10. The van der Waals surface area contributed by atoms with Gasteiger partial charge in [-0.3, -0.25) is 0 Å². The normalized spacial score (nSPS) is 13.1. The van der Waals surface area contributed by atoms with Crippen LogP contribution in [-0.2, 0) is 6.54 Å². The Morgan fingerprint density at radius 1 is 1.12 bits per heavy atom. The lowest BCUT2D eigenvalue weighted by Gasteiger charge is -2.20. The van der Waals surface area contributed by atoms with E-state index in [0.29, 0.717) is 12.0 Å². The lowest BCUT2D eigenvalue weighted by atomic mass is 10.0. The van der Waals surface area contributed by atoms with E-state index in [1.807, 2.05) is 0 Å². The van der Waals surface area contributed by atoms with Crippen LogP contribution < -0.4 is 5.32 Å². The van der Waals surface area contributed by atoms with E-state index in [9.17, 15) is 0 Å². The van der Waals surface area contributed by atoms with Crippen molar-refractivity contribution >= 4 is 22.6 Å². The molecule has 0 spiro atoms. The van der Waals surface area contributed by atoms with E-state index in [0.717, 1.165) is 6.54 Å². The van der Waals surface area contributed by atoms with Gasteiger partial charge in [0, 0.05) is 17.0 Å². The van der Waals surface area contributed by atoms with E-state index in [4.69, 9.17) is 0 Å². The molecule has 1 rings (SSSR count). The van der Waals surface area contributed by atoms with Crippen LogP contribution in [0.25, 0.3) is 0 Å². The van der Waals surface area contributed by atoms with Gasteiger partial charge in [0.1, 0.15) is 0 Å². The minimum Gasteiger partial charge on any atom is -0.309 e. The third-order valence-corrected chi connectivity index (χ3v) is 3.77. The Hall–Kier alpha value is -0.0900. The Morgan fingerprint density at radius 2 is 1.69 bits per heavy atom. The molecule has 0 saturated heterocycles. The van der Waals surface area contributed by atoms with Crippen LogP contribution in [0.5, 0.6) is 0 Å². The predicted octanol–water partition coefficient (Wildman–Crippen LogP) is 3.85. The average Bonchev–Trinajstić information content (AvgIpc) is 2.16. The Labute approximate surface area is 113 Å². The van der Waals surface area contributed by atoms with Gasteiger partial charge in [0.15, 0.2) is 0 Å². The van der Waals surface area contributed by atoms with Crippen molar-refractivity contribution in [1.29, 1.82) is 0 Å². The van der Waals surface area contributed by atoms with Crippen molar-refractivity contribution in [3.05, 3.63) is 34.9 Å². The molecule has 0 heterocycles. The number of benzene rings is 1. The topological polar surface area (TPSA) is 12.0 Å². The van der Waals surface area contributed by atoms with Crippen LogP contribution in [-0.4, -0.2) is 10.5 Å². The van der Waals surface area contributed by atoms with Crippen LogP contribution in [0.2, 0.25) is 0 Å². The van der Waals surface area contributed by atoms with Crippen molar-refractivity contribution in [2.24, 2.45) is 5.92 Å². The highest BCUT2D eigenvalue weighted by molar-refractivity contribution is 14.1. The van der Waals surface area contributed by atoms with Crippen molar-refractivity contribution in [1.82, 2.24) is 5.32 Å². The van der Waals surface area contributed by atoms with Gasteiger partial charge in [0.2, 0.25) is 0 Å². The van der Waals surface area contributed by atoms with Gasteiger partial charge in [-0.15, -0.1) is 0 Å². The zero-order valence-corrected chi connectivity index (χ0v) is 12.8. The molecule has 0 saturated carbocycles. The first-order chi connectivity index (χ1) is 7.52. The fourth-order valence-electron chi connectivity index (χ4n) is 1.89. The SMILES string of the molecule is Cc1cc(C)cc(CNC(CI)C(C)C)c1. The van der Waals surface area contributed by atoms with E-state index >= 15 is 0 Å². The second-order valence-corrected chi connectivity index (χ2v) is 5.76. The van der Waals surface area contributed by atoms with Gasteiger partial charge >= 0.3 is 0 Å². The van der Waals surface area contributed by atoms with Crippen LogP contribution >= 0.6 is 22.6 Å². The molecule has 0 aromatic heterocycles. The minimum atomic E-state index is 0.612. The summed E-state index contributed by atoms with van der Waals surface area (Å²) in [5.74, 6) is 0.697. The summed E-state index contributed by atoms with van der Waals surface area (Å²) in [4.78, 5) is 0. The number of aryl methyl sites for hydroxylation is 2. The molecule has 90 valence electrons. The molecule has 1 aromatic rings. The summed E-state index contributed by atoms with van der Waals surface area (Å²) in [6.45, 7) is 9.85. The summed E-state index contributed by atoms with van der Waals surface area (Å²) in [6.07, 6.45) is 0. The summed E-state index contributed by atoms with van der Waals surface area (Å²) in [6, 6.07) is 7.37. The second kappa shape index (κ2) is 6.60. The molecule has 1 unspecified atom stereocenters. The van der Waals surface area contributed by atoms with Crippen LogP contribution in [0.1, 0.15) is 30.5 Å². The Kier molecular flexibility index (Phi) is 5.76. The lowest BCUT2D eigenvalue weighted by Crippen LogP contribution is -2.34. The highest BCUT2D eigenvalue weighted by Crippen LogP contribution is 2.11. The van der Waals surface area contributed by atoms with Crippen LogP contribution in [0.4, 0.5) is 0 Å². The largest absolute Gasteiger partial charge is 0.309 e. The van der Waals surface area contributed by atoms with Crippen molar-refractivity contribution in [2.75, 3.05) is 4.43 Å². The van der Waals surface area contributed by atoms with E-state index in [2.05, 4.69) is 73.8 Å². The maximum absolute atomic E-state index is 3.63. The van der Waals surface area contributed by atoms with Crippen molar-refractivity contribution in [3.63, 3.8) is 0 Å². The molecule has 2 heteroatoms. The summed E-state index contributed by atoms with van der Waals surface area (Å²) >= 11 is 2.46. The van der Waals surface area contributed by atoms with Gasteiger partial charge in [0.25, 0.3) is 0 Å². The Bertz CT molecular complexity index is 313. The zero-order valence-electron chi connectivity index (χ0n) is 10.7. The average molecular weight is 331 g/mol. The molecule has 0 radical (unpaired) electrons. The maximum atomic E-state index is 3.63. The van der Waals surface area contributed by atoms with E-state index in [1.54, 1.807) is 0 Å². The molecule has 0 amide bonds. The molecule has 0 bridgehead atoms. The number of rotatable bonds is 5. The molecular formula is C14H22IN. The predicted molar refractivity (Wildman–Crippen MR) is 80.3 cm³/mol. The maximum Gasteiger partial charge on any atom is 0.0208 e. The van der Waals surface area contributed by atoms with Crippen LogP contribution in [0.3, 0.4) is 0 Å². The fourth-order valence-corrected chi connectivity index (χ4v) is 3.22. The monoisotopic (exact) mass is 331 g/mol. The number of alkyl halides is 1. The smallest absolute Gasteiger partial charge is 0.0208 e. The number of halogens is 1. The quantitative estimate of drug-likeness (QED) is 0.638. The number of nitrogens with one attached hydrogen (secondary N) is 1. The van der Waals surface area contributed by atoms with Crippen LogP contribution in [0, 0.1) is 19.8 Å². The molecule has 1 nitrogen and oxygen atoms in total. The molecule has 1 atom stereocenters. The third-order valence-electron chi connectivity index (χ3n) is 2.82. The molecule has 0 aliphatic rings. The second-order valence-electron chi connectivity index (χ2n) is 4.88. The number of hydrogen-bond acceptors (Lipinski definition) is 1. The van der Waals surface area contributed by atoms with Crippen molar-refractivity contribution in [3.8, 4) is 0 Å². The highest BCUT2D eigenvalue weighted by Gasteiger charge is 2.10. The van der Waals surface area contributed by atoms with Crippen molar-refractivity contribution < 1.29 is 0 Å². The molecule has 1 aromatic carbocycles. The first kappa shape index (κ1) is 14.0. The van der Waals surface area contributed by atoms with Gasteiger partial charge in [0.05, 0.1) is 0 Å². The van der Waals surface area contributed by atoms with Gasteiger partial charge in [-0.25, -0.2) is 0 Å². The first-order valence-corrected chi connectivity index (χ1v) is 7.42. The van der Waals surface area contributed by atoms with Gasteiger partial charge in [-0.2, -0.15) is 0 Å². The zero-order chi connectivity index (χ0) is 12.1. The summed E-state index contributed by atoms with van der Waals surface area (Å²) in [5, 5.41) is 3.63. The van der Waals surface area contributed by atoms with Gasteiger partial charge in [-0.1, -0.05) is 65.8 Å².